The second kappa shape index (κ2) is 7.99. The third-order valence-electron chi connectivity index (χ3n) is 4.36. The first-order chi connectivity index (χ1) is 12.7. The lowest BCUT2D eigenvalue weighted by Crippen LogP contribution is -2.30. The molecule has 0 bridgehead atoms. The fourth-order valence-electron chi connectivity index (χ4n) is 2.95. The van der Waals surface area contributed by atoms with Crippen LogP contribution in [0.4, 0.5) is 0 Å². The average molecular weight is 352 g/mol. The number of rotatable bonds is 7. The highest BCUT2D eigenvalue weighted by molar-refractivity contribution is 5.97. The van der Waals surface area contributed by atoms with Crippen LogP contribution in [0.25, 0.3) is 11.0 Å². The van der Waals surface area contributed by atoms with Gasteiger partial charge in [-0.15, -0.1) is 0 Å². The third kappa shape index (κ3) is 3.69. The van der Waals surface area contributed by atoms with Crippen molar-refractivity contribution in [1.29, 1.82) is 0 Å². The van der Waals surface area contributed by atoms with E-state index in [1.54, 1.807) is 6.33 Å². The van der Waals surface area contributed by atoms with E-state index in [-0.39, 0.29) is 5.91 Å². The summed E-state index contributed by atoms with van der Waals surface area (Å²) in [6.07, 6.45) is 3.61. The third-order valence-corrected chi connectivity index (χ3v) is 4.36. The molecule has 1 aromatic carbocycles. The molecule has 0 atom stereocenters. The van der Waals surface area contributed by atoms with Crippen LogP contribution in [0.1, 0.15) is 36.7 Å². The first-order valence-electron chi connectivity index (χ1n) is 8.98. The lowest BCUT2D eigenvalue weighted by atomic mass is 10.1. The molecule has 0 fully saturated rings. The molecule has 0 aliphatic rings. The summed E-state index contributed by atoms with van der Waals surface area (Å²) in [5.41, 5.74) is 3.56. The summed E-state index contributed by atoms with van der Waals surface area (Å²) in [7, 11) is 0. The number of hydrogen-bond donors (Lipinski definition) is 0. The summed E-state index contributed by atoms with van der Waals surface area (Å²) in [5, 5.41) is 0. The highest BCUT2D eigenvalue weighted by Gasteiger charge is 2.14. The zero-order valence-corrected chi connectivity index (χ0v) is 15.5. The largest absolute Gasteiger partial charge is 0.478 e. The summed E-state index contributed by atoms with van der Waals surface area (Å²) < 4.78 is 7.43. The van der Waals surface area contributed by atoms with Crippen LogP contribution >= 0.6 is 0 Å². The lowest BCUT2D eigenvalue weighted by molar-refractivity contribution is 0.0773. The molecule has 26 heavy (non-hydrogen) atoms. The summed E-state index contributed by atoms with van der Waals surface area (Å²) >= 11 is 0. The van der Waals surface area contributed by atoms with Crippen molar-refractivity contribution in [2.75, 3.05) is 19.7 Å². The normalized spacial score (nSPS) is 10.9. The molecule has 0 aliphatic carbocycles. The van der Waals surface area contributed by atoms with E-state index < -0.39 is 0 Å². The molecule has 0 unspecified atom stereocenters. The first-order valence-corrected chi connectivity index (χ1v) is 8.98. The van der Waals surface area contributed by atoms with E-state index in [2.05, 4.69) is 14.5 Å². The van der Waals surface area contributed by atoms with Crippen molar-refractivity contribution in [3.8, 4) is 5.88 Å². The molecule has 2 aromatic heterocycles. The Balaban J connectivity index is 1.81. The fraction of sp³-hybridized carbons (Fsp3) is 0.350. The molecule has 0 radical (unpaired) electrons. The van der Waals surface area contributed by atoms with Crippen molar-refractivity contribution in [3.05, 3.63) is 54.0 Å². The number of benzene rings is 1. The maximum absolute atomic E-state index is 12.5. The molecule has 0 spiro atoms. The Bertz CT molecular complexity index is 882. The Morgan fingerprint density at radius 1 is 1.12 bits per heavy atom. The van der Waals surface area contributed by atoms with Crippen molar-refractivity contribution in [3.63, 3.8) is 0 Å². The van der Waals surface area contributed by atoms with Gasteiger partial charge in [0, 0.05) is 30.9 Å². The van der Waals surface area contributed by atoms with Gasteiger partial charge >= 0.3 is 0 Å². The summed E-state index contributed by atoms with van der Waals surface area (Å²) in [4.78, 5) is 23.1. The van der Waals surface area contributed by atoms with Crippen molar-refractivity contribution >= 4 is 16.9 Å². The molecule has 0 N–H and O–H groups in total. The minimum absolute atomic E-state index is 0.0437. The Labute approximate surface area is 153 Å². The first kappa shape index (κ1) is 17.9. The predicted molar refractivity (Wildman–Crippen MR) is 101 cm³/mol. The molecule has 3 rings (SSSR count). The van der Waals surface area contributed by atoms with Gasteiger partial charge < -0.3 is 14.2 Å². The number of fused-ring (bicyclic) bond motifs is 1. The van der Waals surface area contributed by atoms with Gasteiger partial charge in [-0.05, 0) is 44.5 Å². The molecule has 136 valence electrons. The molecule has 6 nitrogen and oxygen atoms in total. The van der Waals surface area contributed by atoms with Crippen LogP contribution < -0.4 is 4.74 Å². The topological polar surface area (TPSA) is 60.3 Å². The zero-order chi connectivity index (χ0) is 18.5. The lowest BCUT2D eigenvalue weighted by Gasteiger charge is -2.18. The van der Waals surface area contributed by atoms with Gasteiger partial charge in [0.05, 0.1) is 30.5 Å². The second-order valence-electron chi connectivity index (χ2n) is 5.99. The van der Waals surface area contributed by atoms with Crippen LogP contribution in [0.5, 0.6) is 5.88 Å². The van der Waals surface area contributed by atoms with E-state index in [1.165, 1.54) is 0 Å². The smallest absolute Gasteiger partial charge is 0.253 e. The van der Waals surface area contributed by atoms with Gasteiger partial charge in [0.15, 0.2) is 0 Å². The number of amides is 1. The van der Waals surface area contributed by atoms with E-state index in [4.69, 9.17) is 4.74 Å². The molecule has 0 aliphatic heterocycles. The minimum atomic E-state index is 0.0437. The van der Waals surface area contributed by atoms with Crippen LogP contribution in [0.3, 0.4) is 0 Å². The van der Waals surface area contributed by atoms with Gasteiger partial charge in [-0.1, -0.05) is 6.07 Å². The van der Waals surface area contributed by atoms with Gasteiger partial charge in [0.1, 0.15) is 0 Å². The maximum Gasteiger partial charge on any atom is 0.253 e. The highest BCUT2D eigenvalue weighted by Crippen LogP contribution is 2.18. The summed E-state index contributed by atoms with van der Waals surface area (Å²) in [6.45, 7) is 8.58. The minimum Gasteiger partial charge on any atom is -0.478 e. The molecule has 3 aromatic rings. The highest BCUT2D eigenvalue weighted by atomic mass is 16.5. The van der Waals surface area contributed by atoms with Crippen molar-refractivity contribution in [2.24, 2.45) is 0 Å². The summed E-state index contributed by atoms with van der Waals surface area (Å²) in [5.74, 6) is 0.674. The maximum atomic E-state index is 12.5. The van der Waals surface area contributed by atoms with E-state index in [0.717, 1.165) is 16.6 Å². The fourth-order valence-corrected chi connectivity index (χ4v) is 2.95. The number of aromatic nitrogens is 3. The molecule has 2 heterocycles. The average Bonchev–Trinajstić information content (AvgIpc) is 3.06. The van der Waals surface area contributed by atoms with E-state index in [0.29, 0.717) is 37.7 Å². The number of nitrogens with zero attached hydrogens (tertiary/aromatic N) is 4. The Hall–Kier alpha value is -2.89. The number of pyridine rings is 1. The standard InChI is InChI=1S/C20H24N4O2/c1-4-23(5-2)20(25)16-8-9-18-17(11-16)22-14-24(18)13-15-7-10-19(21-12-15)26-6-3/h7-12,14H,4-6,13H2,1-3H3. The SMILES string of the molecule is CCOc1ccc(Cn2cnc3cc(C(=O)N(CC)CC)ccc32)cn1. The molecule has 1 amide bonds. The number of carbonyl (C=O) groups is 1. The Kier molecular flexibility index (Phi) is 5.51. The number of carbonyl (C=O) groups excluding carboxylic acids is 1. The van der Waals surface area contributed by atoms with Crippen LogP contribution in [0, 0.1) is 0 Å². The van der Waals surface area contributed by atoms with Crippen LogP contribution in [-0.2, 0) is 6.54 Å². The second-order valence-corrected chi connectivity index (χ2v) is 5.99. The van der Waals surface area contributed by atoms with Crippen molar-refractivity contribution < 1.29 is 9.53 Å². The predicted octanol–water partition coefficient (Wildman–Crippen LogP) is 3.36. The van der Waals surface area contributed by atoms with E-state index >= 15 is 0 Å². The van der Waals surface area contributed by atoms with Crippen LogP contribution in [-0.4, -0.2) is 45.0 Å². The summed E-state index contributed by atoms with van der Waals surface area (Å²) in [6, 6.07) is 9.57. The molecule has 0 saturated carbocycles. The van der Waals surface area contributed by atoms with Crippen LogP contribution in [0.2, 0.25) is 0 Å². The van der Waals surface area contributed by atoms with Gasteiger partial charge in [0.25, 0.3) is 5.91 Å². The number of ether oxygens (including phenoxy) is 1. The van der Waals surface area contributed by atoms with E-state index in [1.807, 2.05) is 62.2 Å². The molecule has 6 heteroatoms. The van der Waals surface area contributed by atoms with Gasteiger partial charge in [-0.25, -0.2) is 9.97 Å². The molecule has 0 saturated heterocycles. The number of hydrogen-bond acceptors (Lipinski definition) is 4. The quantitative estimate of drug-likeness (QED) is 0.654. The Morgan fingerprint density at radius 3 is 2.58 bits per heavy atom. The van der Waals surface area contributed by atoms with Gasteiger partial charge in [0.2, 0.25) is 5.88 Å². The Morgan fingerprint density at radius 2 is 1.92 bits per heavy atom. The zero-order valence-electron chi connectivity index (χ0n) is 15.5. The van der Waals surface area contributed by atoms with Gasteiger partial charge in [-0.3, -0.25) is 4.79 Å². The van der Waals surface area contributed by atoms with Crippen LogP contribution in [0.15, 0.2) is 42.9 Å². The van der Waals surface area contributed by atoms with E-state index in [9.17, 15) is 4.79 Å². The van der Waals surface area contributed by atoms with Gasteiger partial charge in [-0.2, -0.15) is 0 Å². The molecular weight excluding hydrogens is 328 g/mol. The van der Waals surface area contributed by atoms with Crippen molar-refractivity contribution in [2.45, 2.75) is 27.3 Å². The number of imidazole rings is 1. The van der Waals surface area contributed by atoms with Crippen molar-refractivity contribution in [1.82, 2.24) is 19.4 Å². The monoisotopic (exact) mass is 352 g/mol. The molecular formula is C20H24N4O2.